The zero-order chi connectivity index (χ0) is 10.7. The van der Waals surface area contributed by atoms with Gasteiger partial charge < -0.3 is 4.74 Å². The molecule has 0 amide bonds. The smallest absolute Gasteiger partial charge is 0.122 e. The third-order valence-corrected chi connectivity index (χ3v) is 2.29. The van der Waals surface area contributed by atoms with E-state index in [1.807, 2.05) is 25.3 Å². The second kappa shape index (κ2) is 4.13. The zero-order valence-corrected chi connectivity index (χ0v) is 8.84. The summed E-state index contributed by atoms with van der Waals surface area (Å²) in [5.41, 5.74) is 2.29. The highest BCUT2D eigenvalue weighted by molar-refractivity contribution is 5.36. The van der Waals surface area contributed by atoms with Crippen LogP contribution in [0.3, 0.4) is 0 Å². The summed E-state index contributed by atoms with van der Waals surface area (Å²) in [6.07, 6.45) is 3.51. The molecule has 0 aliphatic heterocycles. The number of nitrogens with zero attached hydrogens (tertiary/aromatic N) is 3. The molecule has 0 saturated heterocycles. The minimum absolute atomic E-state index is 0.719. The molecule has 0 unspecified atom stereocenters. The lowest BCUT2D eigenvalue weighted by molar-refractivity contribution is 0.411. The van der Waals surface area contributed by atoms with Crippen LogP contribution in [0.2, 0.25) is 0 Å². The number of hydrogen-bond acceptors (Lipinski definition) is 3. The maximum atomic E-state index is 5.26. The van der Waals surface area contributed by atoms with Crippen molar-refractivity contribution < 1.29 is 4.74 Å². The number of hydrogen-bond donors (Lipinski definition) is 0. The zero-order valence-electron chi connectivity index (χ0n) is 8.84. The van der Waals surface area contributed by atoms with Crippen molar-refractivity contribution in [2.45, 2.75) is 13.5 Å². The van der Waals surface area contributed by atoms with Crippen molar-refractivity contribution in [2.75, 3.05) is 7.11 Å². The number of methoxy groups -OCH3 is 1. The molecule has 4 heteroatoms. The summed E-state index contributed by atoms with van der Waals surface area (Å²) >= 11 is 0. The Morgan fingerprint density at radius 3 is 2.93 bits per heavy atom. The molecule has 78 valence electrons. The molecule has 2 aromatic rings. The van der Waals surface area contributed by atoms with Gasteiger partial charge in [0, 0.05) is 6.20 Å². The van der Waals surface area contributed by atoms with E-state index < -0.39 is 0 Å². The van der Waals surface area contributed by atoms with Gasteiger partial charge in [-0.1, -0.05) is 17.3 Å². The Morgan fingerprint density at radius 2 is 2.27 bits per heavy atom. The van der Waals surface area contributed by atoms with Gasteiger partial charge in [-0.2, -0.15) is 0 Å². The van der Waals surface area contributed by atoms with Crippen LogP contribution >= 0.6 is 0 Å². The van der Waals surface area contributed by atoms with Gasteiger partial charge in [0.25, 0.3) is 0 Å². The Balaban J connectivity index is 2.22. The average molecular weight is 203 g/mol. The fraction of sp³-hybridized carbons (Fsp3) is 0.273. The summed E-state index contributed by atoms with van der Waals surface area (Å²) in [4.78, 5) is 0. The SMILES string of the molecule is COc1cc(Cn2ccnn2)ccc1C. The van der Waals surface area contributed by atoms with Gasteiger partial charge >= 0.3 is 0 Å². The molecule has 0 atom stereocenters. The lowest BCUT2D eigenvalue weighted by atomic mass is 10.1. The van der Waals surface area contributed by atoms with Crippen LogP contribution in [0.1, 0.15) is 11.1 Å². The lowest BCUT2D eigenvalue weighted by Crippen LogP contribution is -2.01. The Labute approximate surface area is 88.5 Å². The molecule has 4 nitrogen and oxygen atoms in total. The molecule has 0 aliphatic rings. The van der Waals surface area contributed by atoms with Gasteiger partial charge in [0.1, 0.15) is 5.75 Å². The fourth-order valence-corrected chi connectivity index (χ4v) is 1.47. The van der Waals surface area contributed by atoms with E-state index in [2.05, 4.69) is 16.4 Å². The summed E-state index contributed by atoms with van der Waals surface area (Å²) in [7, 11) is 1.68. The normalized spacial score (nSPS) is 10.3. The minimum atomic E-state index is 0.719. The van der Waals surface area contributed by atoms with E-state index in [1.165, 1.54) is 0 Å². The highest BCUT2D eigenvalue weighted by Crippen LogP contribution is 2.19. The highest BCUT2D eigenvalue weighted by atomic mass is 16.5. The first kappa shape index (κ1) is 9.71. The Bertz CT molecular complexity index is 437. The van der Waals surface area contributed by atoms with E-state index in [1.54, 1.807) is 18.0 Å². The van der Waals surface area contributed by atoms with E-state index in [4.69, 9.17) is 4.74 Å². The van der Waals surface area contributed by atoms with Crippen molar-refractivity contribution in [1.29, 1.82) is 0 Å². The Morgan fingerprint density at radius 1 is 1.40 bits per heavy atom. The van der Waals surface area contributed by atoms with Crippen molar-refractivity contribution in [1.82, 2.24) is 15.0 Å². The van der Waals surface area contributed by atoms with Crippen molar-refractivity contribution >= 4 is 0 Å². The Hall–Kier alpha value is -1.84. The number of aryl methyl sites for hydroxylation is 1. The van der Waals surface area contributed by atoms with Crippen LogP contribution < -0.4 is 4.74 Å². The van der Waals surface area contributed by atoms with Crippen LogP contribution in [0.5, 0.6) is 5.75 Å². The molecular weight excluding hydrogens is 190 g/mol. The lowest BCUT2D eigenvalue weighted by Gasteiger charge is -2.07. The molecule has 0 spiro atoms. The topological polar surface area (TPSA) is 39.9 Å². The molecule has 1 aromatic heterocycles. The van der Waals surface area contributed by atoms with E-state index in [9.17, 15) is 0 Å². The molecule has 1 aromatic carbocycles. The van der Waals surface area contributed by atoms with E-state index in [0.29, 0.717) is 0 Å². The molecule has 0 aliphatic carbocycles. The molecule has 0 N–H and O–H groups in total. The van der Waals surface area contributed by atoms with Gasteiger partial charge in [-0.3, -0.25) is 0 Å². The first-order chi connectivity index (χ1) is 7.29. The Kier molecular flexibility index (Phi) is 2.67. The van der Waals surface area contributed by atoms with Gasteiger partial charge in [-0.05, 0) is 24.1 Å². The molecule has 0 radical (unpaired) electrons. The quantitative estimate of drug-likeness (QED) is 0.761. The predicted octanol–water partition coefficient (Wildman–Crippen LogP) is 1.64. The molecule has 0 fully saturated rings. The van der Waals surface area contributed by atoms with Crippen LogP contribution in [0.4, 0.5) is 0 Å². The van der Waals surface area contributed by atoms with Crippen LogP contribution in [-0.2, 0) is 6.54 Å². The third kappa shape index (κ3) is 2.15. The van der Waals surface area contributed by atoms with Crippen LogP contribution in [-0.4, -0.2) is 22.1 Å². The summed E-state index contributed by atoms with van der Waals surface area (Å²) in [5, 5.41) is 7.68. The highest BCUT2D eigenvalue weighted by Gasteiger charge is 2.01. The minimum Gasteiger partial charge on any atom is -0.496 e. The fourth-order valence-electron chi connectivity index (χ4n) is 1.47. The van der Waals surface area contributed by atoms with Gasteiger partial charge in [0.05, 0.1) is 19.9 Å². The van der Waals surface area contributed by atoms with Crippen molar-refractivity contribution in [2.24, 2.45) is 0 Å². The van der Waals surface area contributed by atoms with Crippen LogP contribution in [0.25, 0.3) is 0 Å². The largest absolute Gasteiger partial charge is 0.496 e. The third-order valence-electron chi connectivity index (χ3n) is 2.29. The first-order valence-corrected chi connectivity index (χ1v) is 4.77. The molecule has 0 bridgehead atoms. The van der Waals surface area contributed by atoms with Gasteiger partial charge in [-0.25, -0.2) is 4.68 Å². The molecular formula is C11H13N3O. The summed E-state index contributed by atoms with van der Waals surface area (Å²) in [6, 6.07) is 6.14. The monoisotopic (exact) mass is 203 g/mol. The summed E-state index contributed by atoms with van der Waals surface area (Å²) < 4.78 is 7.04. The average Bonchev–Trinajstić information content (AvgIpc) is 2.73. The summed E-state index contributed by atoms with van der Waals surface area (Å²) in [6.45, 7) is 2.74. The first-order valence-electron chi connectivity index (χ1n) is 4.77. The van der Waals surface area contributed by atoms with Crippen LogP contribution in [0, 0.1) is 6.92 Å². The predicted molar refractivity (Wildman–Crippen MR) is 56.9 cm³/mol. The van der Waals surface area contributed by atoms with Gasteiger partial charge in [0.15, 0.2) is 0 Å². The van der Waals surface area contributed by atoms with Gasteiger partial charge in [0.2, 0.25) is 0 Å². The standard InChI is InChI=1S/C11H13N3O/c1-9-3-4-10(7-11(9)15-2)8-14-6-5-12-13-14/h3-7H,8H2,1-2H3. The molecule has 1 heterocycles. The maximum Gasteiger partial charge on any atom is 0.122 e. The van der Waals surface area contributed by atoms with Gasteiger partial charge in [-0.15, -0.1) is 5.10 Å². The molecule has 0 saturated carbocycles. The van der Waals surface area contributed by atoms with E-state index in [-0.39, 0.29) is 0 Å². The van der Waals surface area contributed by atoms with Crippen molar-refractivity contribution in [3.05, 3.63) is 41.7 Å². The molecule has 2 rings (SSSR count). The molecule has 15 heavy (non-hydrogen) atoms. The van der Waals surface area contributed by atoms with Crippen molar-refractivity contribution in [3.63, 3.8) is 0 Å². The van der Waals surface area contributed by atoms with Crippen molar-refractivity contribution in [3.8, 4) is 5.75 Å². The van der Waals surface area contributed by atoms with E-state index in [0.717, 1.165) is 23.4 Å². The maximum absolute atomic E-state index is 5.26. The number of rotatable bonds is 3. The summed E-state index contributed by atoms with van der Waals surface area (Å²) in [5.74, 6) is 0.910. The number of benzene rings is 1. The van der Waals surface area contributed by atoms with Crippen LogP contribution in [0.15, 0.2) is 30.6 Å². The number of aromatic nitrogens is 3. The van der Waals surface area contributed by atoms with E-state index >= 15 is 0 Å². The second-order valence-corrected chi connectivity index (χ2v) is 3.40. The number of ether oxygens (including phenoxy) is 1. The second-order valence-electron chi connectivity index (χ2n) is 3.40.